The van der Waals surface area contributed by atoms with Crippen LogP contribution in [-0.4, -0.2) is 37.6 Å². The molecule has 0 spiro atoms. The van der Waals surface area contributed by atoms with Gasteiger partial charge in [-0.05, 0) is 56.8 Å². The first-order valence-electron chi connectivity index (χ1n) is 8.09. The zero-order valence-corrected chi connectivity index (χ0v) is 13.1. The van der Waals surface area contributed by atoms with Gasteiger partial charge in [0, 0.05) is 6.54 Å². The predicted molar refractivity (Wildman–Crippen MR) is 81.0 cm³/mol. The molecule has 0 amide bonds. The van der Waals surface area contributed by atoms with E-state index in [1.54, 1.807) is 0 Å². The van der Waals surface area contributed by atoms with E-state index in [2.05, 4.69) is 37.9 Å². The standard InChI is InChI=1S/C16H34N2/c1-5-10-17-13-15(4)14-18-11-8-16(6-2,7-3)9-12-18/h15,17H,5-14H2,1-4H3. The van der Waals surface area contributed by atoms with E-state index in [9.17, 15) is 0 Å². The van der Waals surface area contributed by atoms with Crippen LogP contribution in [0.25, 0.3) is 0 Å². The number of hydrogen-bond donors (Lipinski definition) is 1. The number of likely N-dealkylation sites (tertiary alicyclic amines) is 1. The van der Waals surface area contributed by atoms with Gasteiger partial charge in [0.25, 0.3) is 0 Å². The van der Waals surface area contributed by atoms with Crippen LogP contribution in [0.3, 0.4) is 0 Å². The van der Waals surface area contributed by atoms with E-state index in [1.165, 1.54) is 64.8 Å². The Hall–Kier alpha value is -0.0800. The monoisotopic (exact) mass is 254 g/mol. The summed E-state index contributed by atoms with van der Waals surface area (Å²) in [6, 6.07) is 0. The van der Waals surface area contributed by atoms with Crippen LogP contribution in [0.5, 0.6) is 0 Å². The van der Waals surface area contributed by atoms with Crippen LogP contribution >= 0.6 is 0 Å². The molecule has 1 aliphatic rings. The van der Waals surface area contributed by atoms with Gasteiger partial charge in [0.15, 0.2) is 0 Å². The molecule has 1 heterocycles. The lowest BCUT2D eigenvalue weighted by molar-refractivity contribution is 0.0860. The Bertz CT molecular complexity index is 201. The van der Waals surface area contributed by atoms with E-state index < -0.39 is 0 Å². The molecule has 1 unspecified atom stereocenters. The Morgan fingerprint density at radius 1 is 1.11 bits per heavy atom. The smallest absolute Gasteiger partial charge is 0.00191 e. The average molecular weight is 254 g/mol. The molecule has 1 N–H and O–H groups in total. The maximum atomic E-state index is 3.54. The first-order valence-corrected chi connectivity index (χ1v) is 8.09. The second kappa shape index (κ2) is 8.16. The Morgan fingerprint density at radius 3 is 2.22 bits per heavy atom. The molecule has 0 saturated carbocycles. The first kappa shape index (κ1) is 16.0. The van der Waals surface area contributed by atoms with Gasteiger partial charge in [-0.15, -0.1) is 0 Å². The van der Waals surface area contributed by atoms with Gasteiger partial charge in [-0.3, -0.25) is 0 Å². The highest BCUT2D eigenvalue weighted by Gasteiger charge is 2.31. The molecule has 108 valence electrons. The summed E-state index contributed by atoms with van der Waals surface area (Å²) in [5.74, 6) is 0.785. The summed E-state index contributed by atoms with van der Waals surface area (Å²) in [6.07, 6.45) is 6.80. The topological polar surface area (TPSA) is 15.3 Å². The van der Waals surface area contributed by atoms with Crippen LogP contribution in [0.2, 0.25) is 0 Å². The lowest BCUT2D eigenvalue weighted by Gasteiger charge is -2.41. The molecule has 1 saturated heterocycles. The van der Waals surface area contributed by atoms with Crippen molar-refractivity contribution in [1.82, 2.24) is 10.2 Å². The molecule has 0 aliphatic carbocycles. The van der Waals surface area contributed by atoms with Gasteiger partial charge in [0.05, 0.1) is 0 Å². The third-order valence-corrected chi connectivity index (χ3v) is 4.91. The summed E-state index contributed by atoms with van der Waals surface area (Å²) in [5, 5.41) is 3.54. The van der Waals surface area contributed by atoms with Crippen LogP contribution in [0.15, 0.2) is 0 Å². The van der Waals surface area contributed by atoms with Crippen molar-refractivity contribution in [3.63, 3.8) is 0 Å². The minimum absolute atomic E-state index is 0.667. The van der Waals surface area contributed by atoms with E-state index in [1.807, 2.05) is 0 Å². The third-order valence-electron chi connectivity index (χ3n) is 4.91. The largest absolute Gasteiger partial charge is 0.316 e. The van der Waals surface area contributed by atoms with Gasteiger partial charge in [0.1, 0.15) is 0 Å². The van der Waals surface area contributed by atoms with Gasteiger partial charge in [-0.2, -0.15) is 0 Å². The Balaban J connectivity index is 2.22. The Morgan fingerprint density at radius 2 is 1.72 bits per heavy atom. The lowest BCUT2D eigenvalue weighted by atomic mass is 9.74. The SMILES string of the molecule is CCCNCC(C)CN1CCC(CC)(CC)CC1. The normalized spacial score (nSPS) is 22.0. The molecule has 0 aromatic carbocycles. The molecule has 0 aromatic rings. The zero-order chi connectivity index (χ0) is 13.4. The molecule has 18 heavy (non-hydrogen) atoms. The van der Waals surface area contributed by atoms with Gasteiger partial charge >= 0.3 is 0 Å². The fraction of sp³-hybridized carbons (Fsp3) is 1.00. The van der Waals surface area contributed by atoms with Crippen molar-refractivity contribution in [2.24, 2.45) is 11.3 Å². The zero-order valence-electron chi connectivity index (χ0n) is 13.1. The molecule has 1 fully saturated rings. The maximum absolute atomic E-state index is 3.54. The predicted octanol–water partition coefficient (Wildman–Crippen LogP) is 3.52. The molecule has 2 heteroatoms. The molecule has 0 bridgehead atoms. The highest BCUT2D eigenvalue weighted by molar-refractivity contribution is 4.84. The van der Waals surface area contributed by atoms with E-state index in [4.69, 9.17) is 0 Å². The Labute approximate surface area is 115 Å². The van der Waals surface area contributed by atoms with Crippen molar-refractivity contribution < 1.29 is 0 Å². The summed E-state index contributed by atoms with van der Waals surface area (Å²) in [5.41, 5.74) is 0.667. The van der Waals surface area contributed by atoms with Crippen LogP contribution in [-0.2, 0) is 0 Å². The highest BCUT2D eigenvalue weighted by Crippen LogP contribution is 2.37. The highest BCUT2D eigenvalue weighted by atomic mass is 15.1. The lowest BCUT2D eigenvalue weighted by Crippen LogP contribution is -2.42. The molecule has 1 rings (SSSR count). The number of nitrogens with one attached hydrogen (secondary N) is 1. The van der Waals surface area contributed by atoms with Crippen molar-refractivity contribution in [2.75, 3.05) is 32.7 Å². The van der Waals surface area contributed by atoms with E-state index in [0.29, 0.717) is 5.41 Å². The summed E-state index contributed by atoms with van der Waals surface area (Å²) < 4.78 is 0. The van der Waals surface area contributed by atoms with Gasteiger partial charge in [-0.1, -0.05) is 40.5 Å². The molecule has 0 radical (unpaired) electrons. The van der Waals surface area contributed by atoms with Crippen LogP contribution in [0.1, 0.15) is 59.8 Å². The van der Waals surface area contributed by atoms with Crippen LogP contribution in [0, 0.1) is 11.3 Å². The van der Waals surface area contributed by atoms with E-state index in [0.717, 1.165) is 5.92 Å². The van der Waals surface area contributed by atoms with Crippen LogP contribution in [0.4, 0.5) is 0 Å². The molecular formula is C16H34N2. The third kappa shape index (κ3) is 4.89. The van der Waals surface area contributed by atoms with Gasteiger partial charge < -0.3 is 10.2 Å². The average Bonchev–Trinajstić information content (AvgIpc) is 2.40. The minimum atomic E-state index is 0.667. The molecule has 1 atom stereocenters. The second-order valence-corrected chi connectivity index (χ2v) is 6.32. The molecular weight excluding hydrogens is 220 g/mol. The number of nitrogens with zero attached hydrogens (tertiary/aromatic N) is 1. The second-order valence-electron chi connectivity index (χ2n) is 6.32. The fourth-order valence-electron chi connectivity index (χ4n) is 3.20. The van der Waals surface area contributed by atoms with Crippen LogP contribution < -0.4 is 5.32 Å². The van der Waals surface area contributed by atoms with E-state index in [-0.39, 0.29) is 0 Å². The van der Waals surface area contributed by atoms with Crippen molar-refractivity contribution >= 4 is 0 Å². The van der Waals surface area contributed by atoms with Crippen molar-refractivity contribution in [1.29, 1.82) is 0 Å². The molecule has 0 aromatic heterocycles. The van der Waals surface area contributed by atoms with Crippen molar-refractivity contribution in [2.45, 2.75) is 59.8 Å². The molecule has 2 nitrogen and oxygen atoms in total. The number of rotatable bonds is 8. The summed E-state index contributed by atoms with van der Waals surface area (Å²) in [7, 11) is 0. The fourth-order valence-corrected chi connectivity index (χ4v) is 3.20. The van der Waals surface area contributed by atoms with Gasteiger partial charge in [-0.25, -0.2) is 0 Å². The quantitative estimate of drug-likeness (QED) is 0.667. The van der Waals surface area contributed by atoms with Gasteiger partial charge in [0.2, 0.25) is 0 Å². The summed E-state index contributed by atoms with van der Waals surface area (Å²) in [6.45, 7) is 15.6. The van der Waals surface area contributed by atoms with Crippen molar-refractivity contribution in [3.05, 3.63) is 0 Å². The van der Waals surface area contributed by atoms with Crippen molar-refractivity contribution in [3.8, 4) is 0 Å². The molecule has 1 aliphatic heterocycles. The first-order chi connectivity index (χ1) is 8.65. The maximum Gasteiger partial charge on any atom is 0.00191 e. The number of piperidine rings is 1. The minimum Gasteiger partial charge on any atom is -0.316 e. The summed E-state index contributed by atoms with van der Waals surface area (Å²) in [4.78, 5) is 2.68. The van der Waals surface area contributed by atoms with E-state index >= 15 is 0 Å². The Kier molecular flexibility index (Phi) is 7.25. The summed E-state index contributed by atoms with van der Waals surface area (Å²) >= 11 is 0. The number of hydrogen-bond acceptors (Lipinski definition) is 2.